The number of hydrogen-bond donors (Lipinski definition) is 3. The van der Waals surface area contributed by atoms with E-state index in [9.17, 15) is 15.0 Å². The Morgan fingerprint density at radius 1 is 0.966 bits per heavy atom. The van der Waals surface area contributed by atoms with Gasteiger partial charge in [0.25, 0.3) is 0 Å². The lowest BCUT2D eigenvalue weighted by molar-refractivity contribution is 0.0696. The molecule has 7 heteroatoms. The number of ether oxygens (including phenoxy) is 1. The summed E-state index contributed by atoms with van der Waals surface area (Å²) in [6.45, 7) is 0.560. The van der Waals surface area contributed by atoms with Crippen LogP contribution in [0.4, 0.5) is 0 Å². The number of carbonyl (C=O) groups is 1. The Bertz CT molecular complexity index is 1200. The van der Waals surface area contributed by atoms with Crippen molar-refractivity contribution in [3.63, 3.8) is 0 Å². The molecule has 0 radical (unpaired) electrons. The third-order valence-corrected chi connectivity index (χ3v) is 4.56. The number of aromatic carboxylic acids is 1. The summed E-state index contributed by atoms with van der Waals surface area (Å²) in [5.74, 6) is -0.290. The molecule has 0 saturated heterocycles. The first-order chi connectivity index (χ1) is 14.0. The molecule has 0 aliphatic heterocycles. The Labute approximate surface area is 166 Å². The number of para-hydroxylation sites is 2. The number of aromatic nitrogens is 2. The summed E-state index contributed by atoms with van der Waals surface area (Å²) in [4.78, 5) is 15.8. The summed E-state index contributed by atoms with van der Waals surface area (Å²) in [5, 5.41) is 28.5. The number of phenols is 2. The van der Waals surface area contributed by atoms with E-state index in [2.05, 4.69) is 4.98 Å². The van der Waals surface area contributed by atoms with E-state index in [0.29, 0.717) is 18.1 Å². The first-order valence-electron chi connectivity index (χ1n) is 8.92. The fourth-order valence-corrected chi connectivity index (χ4v) is 3.13. The highest BCUT2D eigenvalue weighted by Gasteiger charge is 2.13. The zero-order chi connectivity index (χ0) is 20.4. The van der Waals surface area contributed by atoms with Crippen LogP contribution in [0.25, 0.3) is 11.0 Å². The van der Waals surface area contributed by atoms with Gasteiger partial charge >= 0.3 is 5.97 Å². The number of nitrogens with zero attached hydrogens (tertiary/aromatic N) is 2. The van der Waals surface area contributed by atoms with Crippen LogP contribution in [0.3, 0.4) is 0 Å². The highest BCUT2D eigenvalue weighted by atomic mass is 16.5. The van der Waals surface area contributed by atoms with Gasteiger partial charge in [0.1, 0.15) is 18.2 Å². The largest absolute Gasteiger partial charge is 0.504 e. The van der Waals surface area contributed by atoms with Gasteiger partial charge in [0.2, 0.25) is 0 Å². The molecule has 0 atom stereocenters. The Hall–Kier alpha value is -4.00. The number of carboxylic acids is 1. The van der Waals surface area contributed by atoms with Crippen molar-refractivity contribution in [2.75, 3.05) is 0 Å². The highest BCUT2D eigenvalue weighted by molar-refractivity contribution is 5.88. The molecule has 4 aromatic rings. The first kappa shape index (κ1) is 18.4. The van der Waals surface area contributed by atoms with Gasteiger partial charge in [0, 0.05) is 6.54 Å². The van der Waals surface area contributed by atoms with Gasteiger partial charge in [0.05, 0.1) is 16.6 Å². The Kier molecular flexibility index (Phi) is 4.78. The molecule has 0 spiro atoms. The van der Waals surface area contributed by atoms with Crippen LogP contribution in [0.15, 0.2) is 66.7 Å². The van der Waals surface area contributed by atoms with Crippen LogP contribution in [0, 0.1) is 0 Å². The maximum atomic E-state index is 11.1. The van der Waals surface area contributed by atoms with E-state index >= 15 is 0 Å². The molecule has 0 amide bonds. The minimum absolute atomic E-state index is 0.141. The van der Waals surface area contributed by atoms with E-state index < -0.39 is 5.97 Å². The SMILES string of the molecule is O=C(O)c1cccc(OCc2nc3ccccc3n2Cc2ccc(O)c(O)c2)c1. The zero-order valence-electron chi connectivity index (χ0n) is 15.3. The minimum atomic E-state index is -1.02. The van der Waals surface area contributed by atoms with Crippen molar-refractivity contribution < 1.29 is 24.9 Å². The second-order valence-corrected chi connectivity index (χ2v) is 6.55. The van der Waals surface area contributed by atoms with Gasteiger partial charge in [-0.1, -0.05) is 24.3 Å². The second kappa shape index (κ2) is 7.55. The van der Waals surface area contributed by atoms with Crippen LogP contribution in [-0.2, 0) is 13.2 Å². The lowest BCUT2D eigenvalue weighted by Gasteiger charge is -2.11. The molecule has 1 aromatic heterocycles. The molecule has 0 bridgehead atoms. The number of benzene rings is 3. The van der Waals surface area contributed by atoms with E-state index in [0.717, 1.165) is 16.6 Å². The summed E-state index contributed by atoms with van der Waals surface area (Å²) in [6.07, 6.45) is 0. The molecule has 7 nitrogen and oxygen atoms in total. The smallest absolute Gasteiger partial charge is 0.335 e. The molecular weight excluding hydrogens is 372 g/mol. The van der Waals surface area contributed by atoms with Gasteiger partial charge in [-0.3, -0.25) is 0 Å². The highest BCUT2D eigenvalue weighted by Crippen LogP contribution is 2.27. The van der Waals surface area contributed by atoms with E-state index in [1.54, 1.807) is 18.2 Å². The maximum Gasteiger partial charge on any atom is 0.335 e. The number of carboxylic acid groups (broad SMARTS) is 1. The monoisotopic (exact) mass is 390 g/mol. The lowest BCUT2D eigenvalue weighted by Crippen LogP contribution is -2.08. The van der Waals surface area contributed by atoms with Gasteiger partial charge < -0.3 is 24.6 Å². The summed E-state index contributed by atoms with van der Waals surface area (Å²) in [5.41, 5.74) is 2.64. The Morgan fingerprint density at radius 3 is 2.59 bits per heavy atom. The second-order valence-electron chi connectivity index (χ2n) is 6.55. The van der Waals surface area contributed by atoms with Crippen molar-refractivity contribution in [3.05, 3.63) is 83.7 Å². The van der Waals surface area contributed by atoms with Crippen molar-refractivity contribution in [3.8, 4) is 17.2 Å². The fraction of sp³-hybridized carbons (Fsp3) is 0.0909. The Morgan fingerprint density at radius 2 is 1.79 bits per heavy atom. The van der Waals surface area contributed by atoms with Crippen LogP contribution in [0.5, 0.6) is 17.2 Å². The average Bonchev–Trinajstić information content (AvgIpc) is 3.07. The number of aromatic hydroxyl groups is 2. The minimum Gasteiger partial charge on any atom is -0.504 e. The van der Waals surface area contributed by atoms with Crippen LogP contribution in [0.2, 0.25) is 0 Å². The normalized spacial score (nSPS) is 10.9. The Balaban J connectivity index is 1.65. The predicted molar refractivity (Wildman–Crippen MR) is 106 cm³/mol. The molecule has 1 heterocycles. The van der Waals surface area contributed by atoms with Gasteiger partial charge in [-0.2, -0.15) is 0 Å². The van der Waals surface area contributed by atoms with Crippen LogP contribution < -0.4 is 4.74 Å². The number of fused-ring (bicyclic) bond motifs is 1. The molecule has 4 rings (SSSR count). The van der Waals surface area contributed by atoms with Crippen molar-refractivity contribution in [2.45, 2.75) is 13.2 Å². The maximum absolute atomic E-state index is 11.1. The van der Waals surface area contributed by atoms with Gasteiger partial charge in [0.15, 0.2) is 11.5 Å². The number of imidazole rings is 1. The molecule has 3 aromatic carbocycles. The van der Waals surface area contributed by atoms with Crippen molar-refractivity contribution in [1.29, 1.82) is 0 Å². The quantitative estimate of drug-likeness (QED) is 0.433. The average molecular weight is 390 g/mol. The van der Waals surface area contributed by atoms with Gasteiger partial charge in [-0.05, 0) is 48.0 Å². The molecule has 0 aliphatic rings. The van der Waals surface area contributed by atoms with Gasteiger partial charge in [-0.25, -0.2) is 9.78 Å². The van der Waals surface area contributed by atoms with Gasteiger partial charge in [-0.15, -0.1) is 0 Å². The predicted octanol–water partition coefficient (Wildman–Crippen LogP) is 3.77. The fourth-order valence-electron chi connectivity index (χ4n) is 3.13. The molecule has 146 valence electrons. The molecule has 0 aliphatic carbocycles. The van der Waals surface area contributed by atoms with Crippen LogP contribution in [-0.4, -0.2) is 30.8 Å². The van der Waals surface area contributed by atoms with Crippen molar-refractivity contribution in [1.82, 2.24) is 9.55 Å². The summed E-state index contributed by atoms with van der Waals surface area (Å²) in [7, 11) is 0. The number of phenolic OH excluding ortho intramolecular Hbond substituents is 2. The number of rotatable bonds is 6. The first-order valence-corrected chi connectivity index (χ1v) is 8.92. The van der Waals surface area contributed by atoms with E-state index in [1.165, 1.54) is 24.3 Å². The van der Waals surface area contributed by atoms with Crippen LogP contribution >= 0.6 is 0 Å². The van der Waals surface area contributed by atoms with E-state index in [4.69, 9.17) is 9.84 Å². The standard InChI is InChI=1S/C22H18N2O5/c25-19-9-8-14(10-20(19)26)12-24-18-7-2-1-6-17(18)23-21(24)13-29-16-5-3-4-15(11-16)22(27)28/h1-11,25-26H,12-13H2,(H,27,28). The summed E-state index contributed by atoms with van der Waals surface area (Å²) >= 11 is 0. The molecule has 0 unspecified atom stereocenters. The summed E-state index contributed by atoms with van der Waals surface area (Å²) < 4.78 is 7.76. The number of hydrogen-bond acceptors (Lipinski definition) is 5. The van der Waals surface area contributed by atoms with Crippen molar-refractivity contribution in [2.24, 2.45) is 0 Å². The zero-order valence-corrected chi connectivity index (χ0v) is 15.3. The molecule has 29 heavy (non-hydrogen) atoms. The van der Waals surface area contributed by atoms with Crippen molar-refractivity contribution >= 4 is 17.0 Å². The third-order valence-electron chi connectivity index (χ3n) is 4.56. The third kappa shape index (κ3) is 3.84. The lowest BCUT2D eigenvalue weighted by atomic mass is 10.2. The van der Waals surface area contributed by atoms with E-state index in [1.807, 2.05) is 28.8 Å². The molecular formula is C22H18N2O5. The molecule has 0 saturated carbocycles. The molecule has 0 fully saturated rings. The summed E-state index contributed by atoms with van der Waals surface area (Å²) in [6, 6.07) is 18.6. The van der Waals surface area contributed by atoms with E-state index in [-0.39, 0.29) is 23.7 Å². The topological polar surface area (TPSA) is 105 Å². The van der Waals surface area contributed by atoms with Crippen LogP contribution in [0.1, 0.15) is 21.7 Å². The molecule has 3 N–H and O–H groups in total.